The van der Waals surface area contributed by atoms with E-state index in [0.717, 1.165) is 25.9 Å². The predicted octanol–water partition coefficient (Wildman–Crippen LogP) is 2.31. The first kappa shape index (κ1) is 11.4. The van der Waals surface area contributed by atoms with Crippen molar-refractivity contribution >= 4 is 5.78 Å². The van der Waals surface area contributed by atoms with Crippen molar-refractivity contribution in [2.24, 2.45) is 17.3 Å². The SMILES string of the molecule is C[C@@H]1CC=CC(=O)[C@@]1(C)[C@@H]1C[C@@H]2CCO[C@@H]2O1. The monoisotopic (exact) mass is 236 g/mol. The van der Waals surface area contributed by atoms with Gasteiger partial charge in [0.1, 0.15) is 0 Å². The zero-order valence-corrected chi connectivity index (χ0v) is 10.5. The largest absolute Gasteiger partial charge is 0.352 e. The summed E-state index contributed by atoms with van der Waals surface area (Å²) >= 11 is 0. The van der Waals surface area contributed by atoms with Crippen LogP contribution in [-0.4, -0.2) is 24.8 Å². The van der Waals surface area contributed by atoms with Gasteiger partial charge in [-0.1, -0.05) is 13.0 Å². The molecule has 2 aliphatic heterocycles. The van der Waals surface area contributed by atoms with Crippen LogP contribution in [0, 0.1) is 17.3 Å². The number of hydrogen-bond acceptors (Lipinski definition) is 3. The minimum Gasteiger partial charge on any atom is -0.352 e. The maximum Gasteiger partial charge on any atom is 0.164 e. The highest BCUT2D eigenvalue weighted by atomic mass is 16.7. The Balaban J connectivity index is 1.83. The molecule has 0 saturated carbocycles. The van der Waals surface area contributed by atoms with Gasteiger partial charge in [-0.05, 0) is 38.2 Å². The van der Waals surface area contributed by atoms with Crippen LogP contribution in [0.15, 0.2) is 12.2 Å². The van der Waals surface area contributed by atoms with Gasteiger partial charge in [0.05, 0.1) is 18.1 Å². The van der Waals surface area contributed by atoms with Crippen LogP contribution in [0.1, 0.15) is 33.1 Å². The van der Waals surface area contributed by atoms with Crippen LogP contribution in [0.5, 0.6) is 0 Å². The minimum atomic E-state index is -0.359. The average molecular weight is 236 g/mol. The van der Waals surface area contributed by atoms with Gasteiger partial charge in [-0.25, -0.2) is 0 Å². The topological polar surface area (TPSA) is 35.5 Å². The molecule has 3 nitrogen and oxygen atoms in total. The first-order valence-electron chi connectivity index (χ1n) is 6.60. The molecule has 3 heteroatoms. The van der Waals surface area contributed by atoms with Crippen molar-refractivity contribution in [2.75, 3.05) is 6.61 Å². The van der Waals surface area contributed by atoms with Crippen LogP contribution in [0.3, 0.4) is 0 Å². The van der Waals surface area contributed by atoms with Gasteiger partial charge in [-0.2, -0.15) is 0 Å². The molecule has 1 aliphatic carbocycles. The molecule has 0 aromatic heterocycles. The van der Waals surface area contributed by atoms with E-state index < -0.39 is 0 Å². The van der Waals surface area contributed by atoms with Crippen molar-refractivity contribution in [3.8, 4) is 0 Å². The molecule has 2 heterocycles. The summed E-state index contributed by atoms with van der Waals surface area (Å²) in [6.45, 7) is 5.02. The molecule has 0 radical (unpaired) electrons. The third-order valence-electron chi connectivity index (χ3n) is 4.95. The highest BCUT2D eigenvalue weighted by Crippen LogP contribution is 2.47. The van der Waals surface area contributed by atoms with Gasteiger partial charge >= 0.3 is 0 Å². The first-order valence-corrected chi connectivity index (χ1v) is 6.60. The highest BCUT2D eigenvalue weighted by Gasteiger charge is 2.52. The van der Waals surface area contributed by atoms with Crippen LogP contribution in [0.4, 0.5) is 0 Å². The average Bonchev–Trinajstić information content (AvgIpc) is 2.85. The number of hydrogen-bond donors (Lipinski definition) is 0. The van der Waals surface area contributed by atoms with E-state index in [9.17, 15) is 4.79 Å². The number of fused-ring (bicyclic) bond motifs is 1. The van der Waals surface area contributed by atoms with Crippen LogP contribution in [0.2, 0.25) is 0 Å². The molecular formula is C14H20O3. The summed E-state index contributed by atoms with van der Waals surface area (Å²) in [6, 6.07) is 0. The Hall–Kier alpha value is -0.670. The smallest absolute Gasteiger partial charge is 0.164 e. The standard InChI is InChI=1S/C14H20O3/c1-9-4-3-5-11(15)14(9,2)12-8-10-6-7-16-13(10)17-12/h3,5,9-10,12-13H,4,6-8H2,1-2H3/t9-,10+,12+,13-,14+/m1/s1. The van der Waals surface area contributed by atoms with E-state index >= 15 is 0 Å². The van der Waals surface area contributed by atoms with E-state index in [0.29, 0.717) is 11.8 Å². The van der Waals surface area contributed by atoms with Crippen molar-refractivity contribution in [3.05, 3.63) is 12.2 Å². The van der Waals surface area contributed by atoms with Gasteiger partial charge in [0.15, 0.2) is 12.1 Å². The predicted molar refractivity (Wildman–Crippen MR) is 63.4 cm³/mol. The minimum absolute atomic E-state index is 0.0326. The molecular weight excluding hydrogens is 216 g/mol. The van der Waals surface area contributed by atoms with Crippen molar-refractivity contribution in [1.29, 1.82) is 0 Å². The number of ether oxygens (including phenoxy) is 2. The molecule has 0 unspecified atom stereocenters. The van der Waals surface area contributed by atoms with Gasteiger partial charge < -0.3 is 9.47 Å². The Labute approximate surface area is 102 Å². The summed E-state index contributed by atoms with van der Waals surface area (Å²) in [5.74, 6) is 1.08. The summed E-state index contributed by atoms with van der Waals surface area (Å²) < 4.78 is 11.6. The number of ketones is 1. The van der Waals surface area contributed by atoms with Gasteiger partial charge in [0.25, 0.3) is 0 Å². The molecule has 17 heavy (non-hydrogen) atoms. The second-order valence-corrected chi connectivity index (χ2v) is 5.83. The first-order chi connectivity index (χ1) is 8.12. The molecule has 0 bridgehead atoms. The quantitative estimate of drug-likeness (QED) is 0.701. The molecule has 2 saturated heterocycles. The number of carbonyl (C=O) groups is 1. The van der Waals surface area contributed by atoms with Gasteiger partial charge in [-0.3, -0.25) is 4.79 Å². The van der Waals surface area contributed by atoms with E-state index in [4.69, 9.17) is 9.47 Å². The lowest BCUT2D eigenvalue weighted by Gasteiger charge is -2.40. The normalized spacial score (nSPS) is 49.6. The fourth-order valence-electron chi connectivity index (χ4n) is 3.39. The van der Waals surface area contributed by atoms with E-state index in [1.165, 1.54) is 0 Å². The lowest BCUT2D eigenvalue weighted by molar-refractivity contribution is -0.162. The molecule has 0 spiro atoms. The van der Waals surface area contributed by atoms with Gasteiger partial charge in [0, 0.05) is 5.92 Å². The molecule has 0 aromatic carbocycles. The van der Waals surface area contributed by atoms with Crippen molar-refractivity contribution < 1.29 is 14.3 Å². The van der Waals surface area contributed by atoms with Gasteiger partial charge in [0.2, 0.25) is 0 Å². The fraction of sp³-hybridized carbons (Fsp3) is 0.786. The summed E-state index contributed by atoms with van der Waals surface area (Å²) in [4.78, 5) is 12.2. The molecule has 5 atom stereocenters. The lowest BCUT2D eigenvalue weighted by atomic mass is 9.65. The zero-order chi connectivity index (χ0) is 12.0. The van der Waals surface area contributed by atoms with E-state index in [-0.39, 0.29) is 23.6 Å². The Morgan fingerprint density at radius 3 is 3.00 bits per heavy atom. The number of allylic oxidation sites excluding steroid dienone is 2. The molecule has 0 aromatic rings. The van der Waals surface area contributed by atoms with Crippen LogP contribution in [0.25, 0.3) is 0 Å². The molecule has 3 aliphatic rings. The van der Waals surface area contributed by atoms with E-state index in [1.54, 1.807) is 6.08 Å². The Kier molecular flexibility index (Phi) is 2.64. The maximum atomic E-state index is 12.2. The second-order valence-electron chi connectivity index (χ2n) is 5.83. The van der Waals surface area contributed by atoms with Crippen molar-refractivity contribution in [2.45, 2.75) is 45.5 Å². The van der Waals surface area contributed by atoms with Crippen LogP contribution < -0.4 is 0 Å². The highest BCUT2D eigenvalue weighted by molar-refractivity contribution is 5.96. The maximum absolute atomic E-state index is 12.2. The van der Waals surface area contributed by atoms with Crippen LogP contribution >= 0.6 is 0 Å². The Morgan fingerprint density at radius 1 is 1.47 bits per heavy atom. The molecule has 3 rings (SSSR count). The lowest BCUT2D eigenvalue weighted by Crippen LogP contribution is -2.46. The Bertz CT molecular complexity index is 350. The Morgan fingerprint density at radius 2 is 2.29 bits per heavy atom. The molecule has 0 N–H and O–H groups in total. The molecule has 0 amide bonds. The zero-order valence-electron chi connectivity index (χ0n) is 10.5. The van der Waals surface area contributed by atoms with Gasteiger partial charge in [-0.15, -0.1) is 0 Å². The van der Waals surface area contributed by atoms with Crippen molar-refractivity contribution in [1.82, 2.24) is 0 Å². The summed E-state index contributed by atoms with van der Waals surface area (Å²) in [6.07, 6.45) is 6.73. The number of carbonyl (C=O) groups excluding carboxylic acids is 1. The van der Waals surface area contributed by atoms with E-state index in [2.05, 4.69) is 13.8 Å². The van der Waals surface area contributed by atoms with Crippen LogP contribution in [-0.2, 0) is 14.3 Å². The fourth-order valence-corrected chi connectivity index (χ4v) is 3.39. The third kappa shape index (κ3) is 1.59. The summed E-state index contributed by atoms with van der Waals surface area (Å²) in [5, 5.41) is 0. The summed E-state index contributed by atoms with van der Waals surface area (Å²) in [5.41, 5.74) is -0.359. The summed E-state index contributed by atoms with van der Waals surface area (Å²) in [7, 11) is 0. The second kappa shape index (κ2) is 3.92. The molecule has 2 fully saturated rings. The third-order valence-corrected chi connectivity index (χ3v) is 4.95. The molecule has 94 valence electrons. The van der Waals surface area contributed by atoms with E-state index in [1.807, 2.05) is 6.08 Å². The van der Waals surface area contributed by atoms with Crippen molar-refractivity contribution in [3.63, 3.8) is 0 Å². The number of rotatable bonds is 1.